The first-order valence-corrected chi connectivity index (χ1v) is 21.1. The monoisotopic (exact) mass is 723 g/mol. The van der Waals surface area contributed by atoms with E-state index in [1.807, 2.05) is 13.8 Å². The highest BCUT2D eigenvalue weighted by Crippen LogP contribution is 2.78. The summed E-state index contributed by atoms with van der Waals surface area (Å²) in [6, 6.07) is 0.349. The van der Waals surface area contributed by atoms with Crippen molar-refractivity contribution in [3.05, 3.63) is 12.2 Å². The first kappa shape index (κ1) is 39.8. The van der Waals surface area contributed by atoms with Gasteiger partial charge in [-0.2, -0.15) is 0 Å². The molecule has 52 heavy (non-hydrogen) atoms. The second kappa shape index (κ2) is 13.7. The minimum atomic E-state index is -0.878. The molecule has 0 aromatic heterocycles. The Morgan fingerprint density at radius 2 is 1.58 bits per heavy atom. The SMILES string of the molecule is C=C(C)[C@@H]1CC[C@]2(CC(=O)N3CCC[C@H]3CN(C)C)CC[C@]3(C)[C@H](CC[C@@H]4[C@@]5(C)CC[C@H](OC(=O)CC(C)(C)CC(=O)O)C(C)(C)[C@@H]5CC[C@]43C)[C@@H]12. The van der Waals surface area contributed by atoms with Gasteiger partial charge < -0.3 is 19.6 Å². The summed E-state index contributed by atoms with van der Waals surface area (Å²) in [7, 11) is 4.26. The summed E-state index contributed by atoms with van der Waals surface area (Å²) >= 11 is 0. The number of fused-ring (bicyclic) bond motifs is 7. The third-order valence-electron chi connectivity index (χ3n) is 17.5. The van der Waals surface area contributed by atoms with Gasteiger partial charge in [0, 0.05) is 31.0 Å². The molecule has 5 saturated carbocycles. The van der Waals surface area contributed by atoms with Gasteiger partial charge in [-0.15, -0.1) is 0 Å². The molecule has 0 aromatic rings. The number of carboxylic acids is 1. The maximum atomic E-state index is 14.3. The molecule has 0 spiro atoms. The van der Waals surface area contributed by atoms with E-state index >= 15 is 0 Å². The summed E-state index contributed by atoms with van der Waals surface area (Å²) in [5, 5.41) is 9.36. The van der Waals surface area contributed by atoms with Crippen LogP contribution in [0.5, 0.6) is 0 Å². The Kier molecular flexibility index (Phi) is 10.5. The number of ether oxygens (including phenoxy) is 1. The van der Waals surface area contributed by atoms with E-state index < -0.39 is 11.4 Å². The maximum absolute atomic E-state index is 14.3. The van der Waals surface area contributed by atoms with E-state index in [1.54, 1.807) is 0 Å². The molecule has 0 unspecified atom stereocenters. The molecule has 294 valence electrons. The van der Waals surface area contributed by atoms with Gasteiger partial charge in [0.15, 0.2) is 0 Å². The van der Waals surface area contributed by atoms with Gasteiger partial charge in [0.05, 0.1) is 12.8 Å². The van der Waals surface area contributed by atoms with Crippen LogP contribution in [0.4, 0.5) is 0 Å². The van der Waals surface area contributed by atoms with Crippen molar-refractivity contribution in [3.8, 4) is 0 Å². The second-order valence-corrected chi connectivity index (χ2v) is 21.6. The molecule has 0 aromatic carbocycles. The van der Waals surface area contributed by atoms with Gasteiger partial charge in [0.25, 0.3) is 0 Å². The van der Waals surface area contributed by atoms with Crippen LogP contribution in [0.25, 0.3) is 0 Å². The fourth-order valence-electron chi connectivity index (χ4n) is 15.0. The fourth-order valence-corrected chi connectivity index (χ4v) is 15.0. The minimum absolute atomic E-state index is 0.0437. The van der Waals surface area contributed by atoms with E-state index in [1.165, 1.54) is 44.1 Å². The third-order valence-corrected chi connectivity index (χ3v) is 17.5. The molecule has 6 fully saturated rings. The zero-order valence-electron chi connectivity index (χ0n) is 34.7. The minimum Gasteiger partial charge on any atom is -0.481 e. The Labute approximate surface area is 316 Å². The van der Waals surface area contributed by atoms with Crippen molar-refractivity contribution in [3.63, 3.8) is 0 Å². The largest absolute Gasteiger partial charge is 0.481 e. The van der Waals surface area contributed by atoms with Gasteiger partial charge in [-0.1, -0.05) is 60.6 Å². The maximum Gasteiger partial charge on any atom is 0.306 e. The van der Waals surface area contributed by atoms with Crippen LogP contribution in [-0.2, 0) is 19.1 Å². The molecule has 1 amide bonds. The van der Waals surface area contributed by atoms with E-state index in [0.29, 0.717) is 41.5 Å². The Balaban J connectivity index is 1.23. The number of likely N-dealkylation sites (tertiary alicyclic amines) is 1. The number of allylic oxidation sites excluding steroid dienone is 1. The van der Waals surface area contributed by atoms with Crippen molar-refractivity contribution in [1.82, 2.24) is 9.80 Å². The van der Waals surface area contributed by atoms with Gasteiger partial charge >= 0.3 is 11.9 Å². The number of esters is 1. The average molecular weight is 723 g/mol. The average Bonchev–Trinajstić information content (AvgIpc) is 3.63. The number of hydrogen-bond donors (Lipinski definition) is 1. The summed E-state index contributed by atoms with van der Waals surface area (Å²) < 4.78 is 6.30. The van der Waals surface area contributed by atoms with Crippen molar-refractivity contribution >= 4 is 17.8 Å². The summed E-state index contributed by atoms with van der Waals surface area (Å²) in [4.78, 5) is 43.5. The van der Waals surface area contributed by atoms with E-state index in [4.69, 9.17) is 4.74 Å². The zero-order valence-corrected chi connectivity index (χ0v) is 34.7. The predicted octanol–water partition coefficient (Wildman–Crippen LogP) is 9.39. The van der Waals surface area contributed by atoms with E-state index in [2.05, 4.69) is 72.0 Å². The molecule has 7 nitrogen and oxygen atoms in total. The summed E-state index contributed by atoms with van der Waals surface area (Å²) in [5.41, 5.74) is 1.23. The topological polar surface area (TPSA) is 87.2 Å². The van der Waals surface area contributed by atoms with Crippen LogP contribution >= 0.6 is 0 Å². The van der Waals surface area contributed by atoms with Crippen LogP contribution in [0.1, 0.15) is 152 Å². The first-order chi connectivity index (χ1) is 24.1. The molecule has 1 saturated heterocycles. The Morgan fingerprint density at radius 3 is 2.23 bits per heavy atom. The zero-order chi connectivity index (χ0) is 38.2. The summed E-state index contributed by atoms with van der Waals surface area (Å²) in [5.74, 6) is 1.99. The first-order valence-electron chi connectivity index (χ1n) is 21.1. The lowest BCUT2D eigenvalue weighted by atomic mass is 9.32. The molecule has 1 aliphatic heterocycles. The van der Waals surface area contributed by atoms with Crippen LogP contribution in [0, 0.1) is 62.1 Å². The molecule has 1 N–H and O–H groups in total. The van der Waals surface area contributed by atoms with Gasteiger partial charge in [-0.3, -0.25) is 14.4 Å². The number of carbonyl (C=O) groups excluding carboxylic acids is 2. The molecule has 1 heterocycles. The van der Waals surface area contributed by atoms with Crippen molar-refractivity contribution in [2.75, 3.05) is 27.2 Å². The normalized spacial score (nSPS) is 42.5. The van der Waals surface area contributed by atoms with E-state index in [-0.39, 0.29) is 52.0 Å². The summed E-state index contributed by atoms with van der Waals surface area (Å²) in [6.07, 6.45) is 14.4. The molecule has 0 radical (unpaired) electrons. The number of likely N-dealkylation sites (N-methyl/N-ethyl adjacent to an activating group) is 1. The highest BCUT2D eigenvalue weighted by Gasteiger charge is 2.71. The summed E-state index contributed by atoms with van der Waals surface area (Å²) in [6.45, 7) is 25.1. The number of rotatable bonds is 10. The second-order valence-electron chi connectivity index (χ2n) is 21.6. The molecule has 6 rings (SSSR count). The third kappa shape index (κ3) is 6.51. The van der Waals surface area contributed by atoms with Crippen LogP contribution in [0.15, 0.2) is 12.2 Å². The number of aliphatic carboxylic acids is 1. The van der Waals surface area contributed by atoms with Gasteiger partial charge in [-0.05, 0) is 155 Å². The highest BCUT2D eigenvalue weighted by molar-refractivity contribution is 5.78. The highest BCUT2D eigenvalue weighted by atomic mass is 16.5. The number of hydrogen-bond acceptors (Lipinski definition) is 5. The van der Waals surface area contributed by atoms with E-state index in [9.17, 15) is 19.5 Å². The molecule has 6 aliphatic rings. The molecule has 0 bridgehead atoms. The molecular formula is C45H74N2O5. The number of amides is 1. The Hall–Kier alpha value is -1.89. The van der Waals surface area contributed by atoms with Crippen molar-refractivity contribution in [2.45, 2.75) is 164 Å². The number of nitrogens with zero attached hydrogens (tertiary/aromatic N) is 2. The van der Waals surface area contributed by atoms with Crippen LogP contribution < -0.4 is 0 Å². The lowest BCUT2D eigenvalue weighted by Crippen LogP contribution is -2.67. The Bertz CT molecular complexity index is 1420. The fraction of sp³-hybridized carbons (Fsp3) is 0.889. The van der Waals surface area contributed by atoms with Crippen molar-refractivity contribution in [2.24, 2.45) is 62.1 Å². The molecule has 7 heteroatoms. The van der Waals surface area contributed by atoms with E-state index in [0.717, 1.165) is 58.0 Å². The molecular weight excluding hydrogens is 649 g/mol. The Morgan fingerprint density at radius 1 is 0.865 bits per heavy atom. The lowest BCUT2D eigenvalue weighted by Gasteiger charge is -2.73. The van der Waals surface area contributed by atoms with Crippen molar-refractivity contribution in [1.29, 1.82) is 0 Å². The molecule has 11 atom stereocenters. The lowest BCUT2D eigenvalue weighted by molar-refractivity contribution is -0.250. The smallest absolute Gasteiger partial charge is 0.306 e. The van der Waals surface area contributed by atoms with Crippen LogP contribution in [0.3, 0.4) is 0 Å². The van der Waals surface area contributed by atoms with Crippen molar-refractivity contribution < 1.29 is 24.2 Å². The van der Waals surface area contributed by atoms with Gasteiger partial charge in [0.1, 0.15) is 6.10 Å². The number of carboxylic acid groups (broad SMARTS) is 1. The quantitative estimate of drug-likeness (QED) is 0.179. The van der Waals surface area contributed by atoms with Gasteiger partial charge in [0.2, 0.25) is 5.91 Å². The number of carbonyl (C=O) groups is 3. The van der Waals surface area contributed by atoms with Crippen LogP contribution in [0.2, 0.25) is 0 Å². The standard InChI is InChI=1S/C45H74N2O5/c1-29(2)31-16-21-45(25-36(48)47-24-12-13-30(47)28-46(10)11)23-22-43(8)32(39(31)45)14-15-34-42(7)19-18-35(41(5,6)33(42)17-20-44(34,43)9)52-38(51)27-40(3,4)26-37(49)50/h30-35,39H,1,12-28H2,2-11H3,(H,49,50)/t30-,31-,32+,33-,34+,35-,39+,42-,43+,44+,45+/m0/s1. The predicted molar refractivity (Wildman–Crippen MR) is 207 cm³/mol. The van der Waals surface area contributed by atoms with Gasteiger partial charge in [-0.25, -0.2) is 0 Å². The van der Waals surface area contributed by atoms with Crippen LogP contribution in [-0.4, -0.2) is 72.1 Å². The molecule has 5 aliphatic carbocycles.